The van der Waals surface area contributed by atoms with Gasteiger partial charge in [-0.05, 0) is 45.4 Å². The number of rotatable bonds is 6. The first-order valence-electron chi connectivity index (χ1n) is 5.79. The summed E-state index contributed by atoms with van der Waals surface area (Å²) in [5.41, 5.74) is 3.49. The first kappa shape index (κ1) is 13.1. The van der Waals surface area contributed by atoms with Gasteiger partial charge in [-0.15, -0.1) is 0 Å². The third kappa shape index (κ3) is 3.58. The summed E-state index contributed by atoms with van der Waals surface area (Å²) in [6, 6.07) is 4.62. The lowest BCUT2D eigenvalue weighted by Crippen LogP contribution is -2.18. The van der Waals surface area contributed by atoms with E-state index in [0.29, 0.717) is 6.04 Å². The van der Waals surface area contributed by atoms with Gasteiger partial charge in [0.1, 0.15) is 0 Å². The minimum Gasteiger partial charge on any atom is -0.385 e. The van der Waals surface area contributed by atoms with Gasteiger partial charge in [0.25, 0.3) is 0 Å². The Kier molecular flexibility index (Phi) is 5.43. The number of pyridine rings is 1. The molecule has 0 saturated carbocycles. The molecule has 90 valence electrons. The van der Waals surface area contributed by atoms with Crippen LogP contribution in [0.15, 0.2) is 12.1 Å². The molecule has 0 saturated heterocycles. The third-order valence-corrected chi connectivity index (χ3v) is 2.83. The number of nitrogens with zero attached hydrogens (tertiary/aromatic N) is 1. The van der Waals surface area contributed by atoms with Crippen LogP contribution in [-0.4, -0.2) is 25.7 Å². The van der Waals surface area contributed by atoms with Crippen molar-refractivity contribution >= 4 is 0 Å². The van der Waals surface area contributed by atoms with E-state index in [1.807, 2.05) is 14.0 Å². The minimum absolute atomic E-state index is 0.378. The van der Waals surface area contributed by atoms with Crippen LogP contribution in [0.4, 0.5) is 0 Å². The van der Waals surface area contributed by atoms with Gasteiger partial charge in [-0.25, -0.2) is 0 Å². The molecule has 3 heteroatoms. The monoisotopic (exact) mass is 222 g/mol. The van der Waals surface area contributed by atoms with E-state index in [2.05, 4.69) is 29.4 Å². The lowest BCUT2D eigenvalue weighted by Gasteiger charge is -2.18. The Morgan fingerprint density at radius 1 is 1.38 bits per heavy atom. The van der Waals surface area contributed by atoms with Crippen molar-refractivity contribution in [2.24, 2.45) is 0 Å². The fraction of sp³-hybridized carbons (Fsp3) is 0.615. The Hall–Kier alpha value is -0.930. The van der Waals surface area contributed by atoms with Crippen molar-refractivity contribution in [1.82, 2.24) is 10.3 Å². The molecule has 1 atom stereocenters. The van der Waals surface area contributed by atoms with Crippen LogP contribution in [0.1, 0.15) is 35.8 Å². The summed E-state index contributed by atoms with van der Waals surface area (Å²) in [6.07, 6.45) is 2.14. The molecule has 0 radical (unpaired) electrons. The molecule has 1 rings (SSSR count). The molecule has 0 bridgehead atoms. The van der Waals surface area contributed by atoms with E-state index >= 15 is 0 Å². The van der Waals surface area contributed by atoms with Crippen LogP contribution in [-0.2, 0) is 4.74 Å². The highest BCUT2D eigenvalue weighted by Crippen LogP contribution is 2.20. The summed E-state index contributed by atoms with van der Waals surface area (Å²) in [5.74, 6) is 0. The van der Waals surface area contributed by atoms with Crippen molar-refractivity contribution in [2.75, 3.05) is 20.8 Å². The molecule has 16 heavy (non-hydrogen) atoms. The van der Waals surface area contributed by atoms with Crippen molar-refractivity contribution in [3.05, 3.63) is 29.1 Å². The molecule has 3 nitrogen and oxygen atoms in total. The molecule has 0 fully saturated rings. The molecule has 0 aliphatic heterocycles. The first-order valence-corrected chi connectivity index (χ1v) is 5.79. The zero-order valence-electron chi connectivity index (χ0n) is 10.7. The van der Waals surface area contributed by atoms with Gasteiger partial charge in [0.2, 0.25) is 0 Å². The normalized spacial score (nSPS) is 12.8. The van der Waals surface area contributed by atoms with E-state index in [0.717, 1.165) is 30.8 Å². The molecule has 0 aliphatic carbocycles. The van der Waals surface area contributed by atoms with Crippen LogP contribution in [0.25, 0.3) is 0 Å². The van der Waals surface area contributed by atoms with E-state index in [1.165, 1.54) is 5.56 Å². The summed E-state index contributed by atoms with van der Waals surface area (Å²) >= 11 is 0. The van der Waals surface area contributed by atoms with Crippen molar-refractivity contribution in [1.29, 1.82) is 0 Å². The summed E-state index contributed by atoms with van der Waals surface area (Å²) in [6.45, 7) is 4.91. The smallest absolute Gasteiger partial charge is 0.0462 e. The summed E-state index contributed by atoms with van der Waals surface area (Å²) < 4.78 is 5.08. The summed E-state index contributed by atoms with van der Waals surface area (Å²) in [4.78, 5) is 4.50. The van der Waals surface area contributed by atoms with Gasteiger partial charge in [-0.2, -0.15) is 0 Å². The lowest BCUT2D eigenvalue weighted by atomic mass is 10.0. The number of nitrogens with one attached hydrogen (secondary N) is 1. The Bertz CT molecular complexity index is 326. The van der Waals surface area contributed by atoms with Crippen LogP contribution in [0.5, 0.6) is 0 Å². The first-order chi connectivity index (χ1) is 7.69. The highest BCUT2D eigenvalue weighted by atomic mass is 16.5. The molecule has 0 aromatic carbocycles. The molecule has 0 aliphatic rings. The van der Waals surface area contributed by atoms with Gasteiger partial charge in [0.15, 0.2) is 0 Å². The van der Waals surface area contributed by atoms with Crippen molar-refractivity contribution in [3.8, 4) is 0 Å². The third-order valence-electron chi connectivity index (χ3n) is 2.83. The van der Waals surface area contributed by atoms with Crippen LogP contribution in [0, 0.1) is 13.8 Å². The van der Waals surface area contributed by atoms with Gasteiger partial charge in [0.05, 0.1) is 0 Å². The lowest BCUT2D eigenvalue weighted by molar-refractivity contribution is 0.189. The topological polar surface area (TPSA) is 34.1 Å². The van der Waals surface area contributed by atoms with Crippen LogP contribution >= 0.6 is 0 Å². The zero-order valence-corrected chi connectivity index (χ0v) is 10.7. The second-order valence-electron chi connectivity index (χ2n) is 4.10. The van der Waals surface area contributed by atoms with Gasteiger partial charge >= 0.3 is 0 Å². The Labute approximate surface area is 98.2 Å². The van der Waals surface area contributed by atoms with Crippen LogP contribution < -0.4 is 5.32 Å². The quantitative estimate of drug-likeness (QED) is 0.750. The predicted octanol–water partition coefficient (Wildman–Crippen LogP) is 2.39. The summed E-state index contributed by atoms with van der Waals surface area (Å²) in [5, 5.41) is 3.34. The van der Waals surface area contributed by atoms with Gasteiger partial charge in [-0.1, -0.05) is 6.07 Å². The van der Waals surface area contributed by atoms with Crippen LogP contribution in [0.2, 0.25) is 0 Å². The second-order valence-corrected chi connectivity index (χ2v) is 4.10. The zero-order chi connectivity index (χ0) is 12.0. The average molecular weight is 222 g/mol. The molecule has 1 heterocycles. The van der Waals surface area contributed by atoms with E-state index in [1.54, 1.807) is 7.11 Å². The van der Waals surface area contributed by atoms with E-state index in [-0.39, 0.29) is 0 Å². The Balaban J connectivity index is 2.70. The Morgan fingerprint density at radius 2 is 2.12 bits per heavy atom. The number of hydrogen-bond donors (Lipinski definition) is 1. The van der Waals surface area contributed by atoms with Gasteiger partial charge in [0, 0.05) is 31.1 Å². The number of ether oxygens (including phenoxy) is 1. The maximum atomic E-state index is 5.08. The maximum Gasteiger partial charge on any atom is 0.0462 e. The number of aryl methyl sites for hydroxylation is 2. The number of aromatic nitrogens is 1. The molecule has 0 spiro atoms. The molecular formula is C13H22N2O. The van der Waals surface area contributed by atoms with Gasteiger partial charge in [-0.3, -0.25) is 4.98 Å². The van der Waals surface area contributed by atoms with E-state index in [9.17, 15) is 0 Å². The number of hydrogen-bond acceptors (Lipinski definition) is 3. The molecule has 1 aromatic heterocycles. The molecule has 1 N–H and O–H groups in total. The minimum atomic E-state index is 0.378. The molecule has 1 unspecified atom stereocenters. The fourth-order valence-electron chi connectivity index (χ4n) is 1.95. The SMILES string of the molecule is CNC(CCCOC)c1ccc(C)nc1C. The average Bonchev–Trinajstić information content (AvgIpc) is 2.26. The van der Waals surface area contributed by atoms with E-state index in [4.69, 9.17) is 4.74 Å². The predicted molar refractivity (Wildman–Crippen MR) is 66.6 cm³/mol. The summed E-state index contributed by atoms with van der Waals surface area (Å²) in [7, 11) is 3.74. The fourth-order valence-corrected chi connectivity index (χ4v) is 1.95. The van der Waals surface area contributed by atoms with Crippen molar-refractivity contribution in [3.63, 3.8) is 0 Å². The highest BCUT2D eigenvalue weighted by molar-refractivity contribution is 5.25. The Morgan fingerprint density at radius 3 is 2.69 bits per heavy atom. The molecule has 1 aromatic rings. The van der Waals surface area contributed by atoms with Crippen molar-refractivity contribution < 1.29 is 4.74 Å². The van der Waals surface area contributed by atoms with E-state index < -0.39 is 0 Å². The molecular weight excluding hydrogens is 200 g/mol. The highest BCUT2D eigenvalue weighted by Gasteiger charge is 2.11. The van der Waals surface area contributed by atoms with Crippen LogP contribution in [0.3, 0.4) is 0 Å². The maximum absolute atomic E-state index is 5.08. The molecule has 0 amide bonds. The van der Waals surface area contributed by atoms with Crippen molar-refractivity contribution in [2.45, 2.75) is 32.7 Å². The number of methoxy groups -OCH3 is 1. The second kappa shape index (κ2) is 6.61. The standard InChI is InChI=1S/C13H22N2O/c1-10-7-8-12(11(2)15-10)13(14-3)6-5-9-16-4/h7-8,13-14H,5-6,9H2,1-4H3. The largest absolute Gasteiger partial charge is 0.385 e. The van der Waals surface area contributed by atoms with Gasteiger partial charge < -0.3 is 10.1 Å².